The molecule has 0 saturated carbocycles. The third-order valence-electron chi connectivity index (χ3n) is 0.782. The number of hydrogen-bond donors (Lipinski definition) is 3. The van der Waals surface area contributed by atoms with Gasteiger partial charge in [0.2, 0.25) is 0 Å². The maximum atomic E-state index is 9.63. The topological polar surface area (TPSA) is 141 Å². The summed E-state index contributed by atoms with van der Waals surface area (Å²) in [5.41, 5.74) is 0. The number of rotatable bonds is 3. The Morgan fingerprint density at radius 3 is 1.12 bits per heavy atom. The van der Waals surface area contributed by atoms with Gasteiger partial charge in [0.1, 0.15) is 12.2 Å². The van der Waals surface area contributed by atoms with E-state index in [1.165, 1.54) is 0 Å². The molecule has 2 unspecified atom stereocenters. The Balaban J connectivity index is -0.000000105. The van der Waals surface area contributed by atoms with Crippen LogP contribution in [0.2, 0.25) is 0 Å². The molecule has 0 heterocycles. The van der Waals surface area contributed by atoms with Gasteiger partial charge in [0, 0.05) is 6.10 Å². The molecule has 0 bridgehead atoms. The van der Waals surface area contributed by atoms with Crippen LogP contribution in [0.15, 0.2) is 0 Å². The standard InChI is InChI=1S/C4H6O6.C3H8O.K.Na/c5-1(3(7)8)2(6)4(9)10;1-3(2)4;;/h1-2,5-6H,(H,7,8)(H,9,10);3-4H,1-2H3;;/q;;2*+1/p-2. The minimum atomic E-state index is -2.44. The normalized spacial score (nSPS) is 12.1. The predicted molar refractivity (Wildman–Crippen MR) is 39.4 cm³/mol. The molecule has 0 saturated heterocycles. The summed E-state index contributed by atoms with van der Waals surface area (Å²) in [7, 11) is 0. The summed E-state index contributed by atoms with van der Waals surface area (Å²) in [6.45, 7) is 3.44. The summed E-state index contributed by atoms with van der Waals surface area (Å²) in [6.07, 6.45) is -5.05. The molecule has 0 aromatic rings. The van der Waals surface area contributed by atoms with Crippen LogP contribution in [0.4, 0.5) is 0 Å². The molecule has 0 aliphatic rings. The van der Waals surface area contributed by atoms with Gasteiger partial charge in [-0.25, -0.2) is 0 Å². The smallest absolute Gasteiger partial charge is 0.547 e. The van der Waals surface area contributed by atoms with E-state index in [4.69, 9.17) is 15.3 Å². The van der Waals surface area contributed by atoms with Crippen molar-refractivity contribution in [3.63, 3.8) is 0 Å². The number of aliphatic hydroxyl groups excluding tert-OH is 3. The van der Waals surface area contributed by atoms with Gasteiger partial charge in [0.25, 0.3) is 0 Å². The maximum absolute atomic E-state index is 9.63. The zero-order valence-electron chi connectivity index (χ0n) is 9.71. The van der Waals surface area contributed by atoms with Crippen molar-refractivity contribution in [3.8, 4) is 0 Å². The Morgan fingerprint density at radius 2 is 1.06 bits per heavy atom. The van der Waals surface area contributed by atoms with Gasteiger partial charge in [-0.15, -0.1) is 0 Å². The second kappa shape index (κ2) is 14.5. The Labute approximate surface area is 158 Å². The van der Waals surface area contributed by atoms with E-state index in [-0.39, 0.29) is 87.0 Å². The summed E-state index contributed by atoms with van der Waals surface area (Å²) >= 11 is 0. The van der Waals surface area contributed by atoms with Gasteiger partial charge >= 0.3 is 80.9 Å². The van der Waals surface area contributed by atoms with E-state index >= 15 is 0 Å². The van der Waals surface area contributed by atoms with E-state index in [1.807, 2.05) is 0 Å². The molecule has 0 aliphatic carbocycles. The first-order valence-corrected chi connectivity index (χ1v) is 3.66. The maximum Gasteiger partial charge on any atom is 1.00 e. The average Bonchev–Trinajstić information content (AvgIpc) is 2.00. The molecule has 0 radical (unpaired) electrons. The zero-order chi connectivity index (χ0) is 11.9. The fraction of sp³-hybridized carbons (Fsp3) is 0.714. The zero-order valence-corrected chi connectivity index (χ0v) is 14.8. The van der Waals surface area contributed by atoms with Gasteiger partial charge in [-0.1, -0.05) is 0 Å². The summed E-state index contributed by atoms with van der Waals surface area (Å²) in [4.78, 5) is 19.3. The van der Waals surface area contributed by atoms with Gasteiger partial charge < -0.3 is 35.1 Å². The molecule has 16 heavy (non-hydrogen) atoms. The number of carboxylic acid groups (broad SMARTS) is 2. The van der Waals surface area contributed by atoms with E-state index < -0.39 is 24.1 Å². The summed E-state index contributed by atoms with van der Waals surface area (Å²) in [5, 5.41) is 43.8. The number of carbonyl (C=O) groups is 2. The van der Waals surface area contributed by atoms with Crippen molar-refractivity contribution in [1.82, 2.24) is 0 Å². The van der Waals surface area contributed by atoms with Crippen molar-refractivity contribution in [2.75, 3.05) is 0 Å². The first-order valence-electron chi connectivity index (χ1n) is 3.66. The number of hydrogen-bond acceptors (Lipinski definition) is 7. The van der Waals surface area contributed by atoms with E-state index in [9.17, 15) is 19.8 Å². The minimum Gasteiger partial charge on any atom is -0.547 e. The van der Waals surface area contributed by atoms with Crippen LogP contribution < -0.4 is 91.2 Å². The molecule has 0 fully saturated rings. The molecule has 0 aromatic heterocycles. The molecular formula is C7H12KNaO7. The molecular weight excluding hydrogens is 258 g/mol. The summed E-state index contributed by atoms with van der Waals surface area (Å²) < 4.78 is 0. The van der Waals surface area contributed by atoms with Crippen molar-refractivity contribution in [3.05, 3.63) is 0 Å². The van der Waals surface area contributed by atoms with Crippen LogP contribution in [-0.4, -0.2) is 45.6 Å². The largest absolute Gasteiger partial charge is 1.00 e. The first-order chi connectivity index (χ1) is 6.20. The molecule has 0 amide bonds. The van der Waals surface area contributed by atoms with Gasteiger partial charge in [0.15, 0.2) is 0 Å². The predicted octanol–water partition coefficient (Wildman–Crippen LogP) is -10.4. The molecule has 0 aliphatic heterocycles. The van der Waals surface area contributed by atoms with Crippen LogP contribution in [0.1, 0.15) is 13.8 Å². The fourth-order valence-electron chi connectivity index (χ4n) is 0.258. The molecule has 3 N–H and O–H groups in total. The van der Waals surface area contributed by atoms with E-state index in [2.05, 4.69) is 0 Å². The third-order valence-corrected chi connectivity index (χ3v) is 0.782. The number of carbonyl (C=O) groups excluding carboxylic acids is 2. The minimum absolute atomic E-state index is 0. The summed E-state index contributed by atoms with van der Waals surface area (Å²) in [6, 6.07) is 0. The molecule has 0 aromatic carbocycles. The van der Waals surface area contributed by atoms with Gasteiger partial charge in [-0.05, 0) is 13.8 Å². The second-order valence-electron chi connectivity index (χ2n) is 2.62. The molecule has 0 rings (SSSR count). The van der Waals surface area contributed by atoms with Crippen molar-refractivity contribution < 1.29 is 116 Å². The SMILES string of the molecule is CC(C)O.O=C([O-])C(O)C(O)C(=O)[O-].[K+].[Na+]. The Morgan fingerprint density at radius 1 is 0.938 bits per heavy atom. The molecule has 84 valence electrons. The molecule has 2 atom stereocenters. The van der Waals surface area contributed by atoms with Crippen molar-refractivity contribution >= 4 is 11.9 Å². The monoisotopic (exact) mass is 270 g/mol. The van der Waals surface area contributed by atoms with Crippen LogP contribution in [0, 0.1) is 0 Å². The second-order valence-corrected chi connectivity index (χ2v) is 2.62. The van der Waals surface area contributed by atoms with Crippen LogP contribution in [0.25, 0.3) is 0 Å². The van der Waals surface area contributed by atoms with Crippen LogP contribution in [0.5, 0.6) is 0 Å². The van der Waals surface area contributed by atoms with E-state index in [0.29, 0.717) is 0 Å². The number of aliphatic hydroxyl groups is 3. The van der Waals surface area contributed by atoms with E-state index in [1.54, 1.807) is 13.8 Å². The van der Waals surface area contributed by atoms with Crippen molar-refractivity contribution in [2.24, 2.45) is 0 Å². The number of carboxylic acids is 2. The Kier molecular flexibility index (Phi) is 23.7. The first kappa shape index (κ1) is 26.1. The Bertz CT molecular complexity index is 178. The van der Waals surface area contributed by atoms with Gasteiger partial charge in [-0.3, -0.25) is 0 Å². The quantitative estimate of drug-likeness (QED) is 0.432. The van der Waals surface area contributed by atoms with Crippen LogP contribution in [-0.2, 0) is 9.59 Å². The van der Waals surface area contributed by atoms with Crippen LogP contribution in [0.3, 0.4) is 0 Å². The van der Waals surface area contributed by atoms with Crippen molar-refractivity contribution in [1.29, 1.82) is 0 Å². The average molecular weight is 270 g/mol. The third kappa shape index (κ3) is 17.8. The molecule has 7 nitrogen and oxygen atoms in total. The fourth-order valence-corrected chi connectivity index (χ4v) is 0.258. The van der Waals surface area contributed by atoms with Crippen molar-refractivity contribution in [2.45, 2.75) is 32.2 Å². The van der Waals surface area contributed by atoms with Crippen LogP contribution >= 0.6 is 0 Å². The van der Waals surface area contributed by atoms with Gasteiger partial charge in [0.05, 0.1) is 11.9 Å². The van der Waals surface area contributed by atoms with Gasteiger partial charge in [-0.2, -0.15) is 0 Å². The summed E-state index contributed by atoms with van der Waals surface area (Å²) in [5.74, 6) is -4.12. The molecule has 9 heteroatoms. The van der Waals surface area contributed by atoms with E-state index in [0.717, 1.165) is 0 Å². The molecule has 0 spiro atoms. The Hall–Kier alpha value is 1.46. The number of aliphatic carboxylic acids is 2.